The van der Waals surface area contributed by atoms with Gasteiger partial charge in [-0.3, -0.25) is 9.59 Å². The summed E-state index contributed by atoms with van der Waals surface area (Å²) in [5, 5.41) is 11.1. The first-order valence-corrected chi connectivity index (χ1v) is 12.8. The number of ether oxygens (including phenoxy) is 1. The number of aromatic nitrogens is 3. The number of amides is 1. The minimum Gasteiger partial charge on any atom is -0.438 e. The van der Waals surface area contributed by atoms with Crippen LogP contribution in [0.3, 0.4) is 0 Å². The van der Waals surface area contributed by atoms with E-state index in [-0.39, 0.29) is 11.7 Å². The highest BCUT2D eigenvalue weighted by atomic mass is 32.1. The van der Waals surface area contributed by atoms with E-state index in [0.717, 1.165) is 21.6 Å². The highest BCUT2D eigenvalue weighted by molar-refractivity contribution is 7.12. The first-order chi connectivity index (χ1) is 17.0. The number of fused-ring (bicyclic) bond motifs is 1. The molecule has 35 heavy (non-hydrogen) atoms. The number of anilines is 1. The molecule has 176 valence electrons. The van der Waals surface area contributed by atoms with Crippen molar-refractivity contribution in [3.63, 3.8) is 0 Å². The SMILES string of the molecule is Cc1ccsc1C(=O)CCc1cccc(Oc2ccc3nc(NC(=O)c4sccc4C)cn3n2)c1. The number of ketones is 1. The Morgan fingerprint density at radius 3 is 2.51 bits per heavy atom. The lowest BCUT2D eigenvalue weighted by atomic mass is 10.1. The maximum absolute atomic E-state index is 12.5. The topological polar surface area (TPSA) is 85.6 Å². The van der Waals surface area contributed by atoms with Gasteiger partial charge in [0.1, 0.15) is 5.75 Å². The summed E-state index contributed by atoms with van der Waals surface area (Å²) in [5.74, 6) is 1.41. The molecule has 0 aliphatic heterocycles. The predicted molar refractivity (Wildman–Crippen MR) is 138 cm³/mol. The zero-order valence-corrected chi connectivity index (χ0v) is 20.8. The highest BCUT2D eigenvalue weighted by Crippen LogP contribution is 2.24. The molecule has 5 rings (SSSR count). The number of hydrogen-bond donors (Lipinski definition) is 1. The van der Waals surface area contributed by atoms with Gasteiger partial charge in [0.15, 0.2) is 17.2 Å². The van der Waals surface area contributed by atoms with Crippen molar-refractivity contribution in [2.75, 3.05) is 5.32 Å². The Morgan fingerprint density at radius 2 is 1.77 bits per heavy atom. The number of Topliss-reactive ketones (excluding diaryl/α,β-unsaturated/α-hetero) is 1. The van der Waals surface area contributed by atoms with Gasteiger partial charge in [-0.2, -0.15) is 0 Å². The third-order valence-corrected chi connectivity index (χ3v) is 7.56. The molecule has 0 saturated carbocycles. The molecule has 0 bridgehead atoms. The van der Waals surface area contributed by atoms with E-state index in [1.165, 1.54) is 22.7 Å². The van der Waals surface area contributed by atoms with Gasteiger partial charge < -0.3 is 10.1 Å². The average molecular weight is 503 g/mol. The number of aryl methyl sites for hydroxylation is 3. The molecule has 4 heterocycles. The summed E-state index contributed by atoms with van der Waals surface area (Å²) in [5.41, 5.74) is 3.56. The minimum absolute atomic E-state index is 0.160. The molecule has 0 radical (unpaired) electrons. The molecule has 9 heteroatoms. The van der Waals surface area contributed by atoms with E-state index in [9.17, 15) is 9.59 Å². The van der Waals surface area contributed by atoms with Gasteiger partial charge in [-0.25, -0.2) is 9.50 Å². The molecule has 0 atom stereocenters. The second-order valence-electron chi connectivity index (χ2n) is 8.09. The van der Waals surface area contributed by atoms with Crippen LogP contribution in [-0.2, 0) is 6.42 Å². The van der Waals surface area contributed by atoms with Crippen LogP contribution in [0, 0.1) is 13.8 Å². The van der Waals surface area contributed by atoms with E-state index in [2.05, 4.69) is 15.4 Å². The normalized spacial score (nSPS) is 11.0. The third kappa shape index (κ3) is 5.16. The number of carbonyl (C=O) groups is 2. The van der Waals surface area contributed by atoms with Gasteiger partial charge in [0.05, 0.1) is 16.0 Å². The Bertz CT molecular complexity index is 1530. The average Bonchev–Trinajstić information content (AvgIpc) is 3.57. The van der Waals surface area contributed by atoms with Crippen molar-refractivity contribution in [2.45, 2.75) is 26.7 Å². The molecular formula is C26H22N4O3S2. The summed E-state index contributed by atoms with van der Waals surface area (Å²) in [6, 6.07) is 15.0. The van der Waals surface area contributed by atoms with E-state index in [1.54, 1.807) is 22.8 Å². The molecule has 1 amide bonds. The Morgan fingerprint density at radius 1 is 1.00 bits per heavy atom. The van der Waals surface area contributed by atoms with Gasteiger partial charge in [0.25, 0.3) is 5.91 Å². The van der Waals surface area contributed by atoms with Crippen LogP contribution >= 0.6 is 22.7 Å². The van der Waals surface area contributed by atoms with Crippen LogP contribution in [0.2, 0.25) is 0 Å². The Labute approximate surface area is 210 Å². The Kier molecular flexibility index (Phi) is 6.43. The molecule has 0 aliphatic carbocycles. The molecule has 0 aliphatic rings. The lowest BCUT2D eigenvalue weighted by Crippen LogP contribution is -2.11. The van der Waals surface area contributed by atoms with Gasteiger partial charge >= 0.3 is 0 Å². The molecule has 1 aromatic carbocycles. The molecule has 1 N–H and O–H groups in total. The zero-order chi connectivity index (χ0) is 24.4. The highest BCUT2D eigenvalue weighted by Gasteiger charge is 2.14. The van der Waals surface area contributed by atoms with Crippen molar-refractivity contribution in [3.8, 4) is 11.6 Å². The summed E-state index contributed by atoms with van der Waals surface area (Å²) >= 11 is 2.88. The van der Waals surface area contributed by atoms with Crippen molar-refractivity contribution in [2.24, 2.45) is 0 Å². The Hall–Kier alpha value is -3.82. The second-order valence-corrected chi connectivity index (χ2v) is 9.92. The van der Waals surface area contributed by atoms with Gasteiger partial charge in [-0.15, -0.1) is 27.8 Å². The number of imidazole rings is 1. The van der Waals surface area contributed by atoms with Crippen LogP contribution in [0.15, 0.2) is 65.5 Å². The van der Waals surface area contributed by atoms with Crippen molar-refractivity contribution in [1.29, 1.82) is 0 Å². The number of benzene rings is 1. The fraction of sp³-hybridized carbons (Fsp3) is 0.154. The number of thiophene rings is 2. The van der Waals surface area contributed by atoms with Gasteiger partial charge in [-0.1, -0.05) is 12.1 Å². The number of carbonyl (C=O) groups excluding carboxylic acids is 2. The molecule has 0 unspecified atom stereocenters. The number of nitrogens with zero attached hydrogens (tertiary/aromatic N) is 3. The van der Waals surface area contributed by atoms with Crippen LogP contribution in [-0.4, -0.2) is 26.3 Å². The molecule has 7 nitrogen and oxygen atoms in total. The van der Waals surface area contributed by atoms with Crippen LogP contribution in [0.1, 0.15) is 42.5 Å². The van der Waals surface area contributed by atoms with E-state index in [1.807, 2.05) is 61.0 Å². The van der Waals surface area contributed by atoms with E-state index in [0.29, 0.717) is 40.8 Å². The maximum Gasteiger partial charge on any atom is 0.267 e. The zero-order valence-electron chi connectivity index (χ0n) is 19.1. The van der Waals surface area contributed by atoms with Crippen LogP contribution < -0.4 is 10.1 Å². The first-order valence-electron chi connectivity index (χ1n) is 11.0. The Balaban J connectivity index is 1.25. The summed E-state index contributed by atoms with van der Waals surface area (Å²) in [6.07, 6.45) is 2.73. The van der Waals surface area contributed by atoms with Gasteiger partial charge in [0.2, 0.25) is 5.88 Å². The minimum atomic E-state index is -0.193. The summed E-state index contributed by atoms with van der Waals surface area (Å²) in [4.78, 5) is 30.9. The molecule has 0 spiro atoms. The van der Waals surface area contributed by atoms with E-state index < -0.39 is 0 Å². The molecule has 0 saturated heterocycles. The summed E-state index contributed by atoms with van der Waals surface area (Å²) in [7, 11) is 0. The van der Waals surface area contributed by atoms with Crippen molar-refractivity contribution in [3.05, 3.63) is 91.9 Å². The van der Waals surface area contributed by atoms with Gasteiger partial charge in [-0.05, 0) is 78.1 Å². The van der Waals surface area contributed by atoms with Crippen LogP contribution in [0.4, 0.5) is 5.82 Å². The van der Waals surface area contributed by atoms with Crippen LogP contribution in [0.25, 0.3) is 5.65 Å². The van der Waals surface area contributed by atoms with E-state index >= 15 is 0 Å². The monoisotopic (exact) mass is 502 g/mol. The summed E-state index contributed by atoms with van der Waals surface area (Å²) < 4.78 is 7.53. The number of nitrogens with one attached hydrogen (secondary N) is 1. The predicted octanol–water partition coefficient (Wildman–Crippen LogP) is 6.33. The molecule has 5 aromatic rings. The number of rotatable bonds is 8. The van der Waals surface area contributed by atoms with Crippen molar-refractivity contribution < 1.29 is 14.3 Å². The standard InChI is InChI=1S/C26H22N4O3S2/c1-16-10-12-34-24(16)20(31)7-6-18-4-3-5-19(14-18)33-23-9-8-22-27-21(15-30(22)29-23)28-26(32)25-17(2)11-13-35-25/h3-5,8-15H,6-7H2,1-2H3,(H,28,32). The fourth-order valence-electron chi connectivity index (χ4n) is 3.67. The molecular weight excluding hydrogens is 480 g/mol. The summed E-state index contributed by atoms with van der Waals surface area (Å²) in [6.45, 7) is 3.86. The molecule has 0 fully saturated rings. The largest absolute Gasteiger partial charge is 0.438 e. The lowest BCUT2D eigenvalue weighted by Gasteiger charge is -2.07. The third-order valence-electron chi connectivity index (χ3n) is 5.48. The van der Waals surface area contributed by atoms with Crippen molar-refractivity contribution >= 4 is 45.8 Å². The van der Waals surface area contributed by atoms with E-state index in [4.69, 9.17) is 4.74 Å². The second kappa shape index (κ2) is 9.81. The quantitative estimate of drug-likeness (QED) is 0.251. The maximum atomic E-state index is 12.5. The fourth-order valence-corrected chi connectivity index (χ4v) is 5.39. The van der Waals surface area contributed by atoms with Gasteiger partial charge in [0, 0.05) is 12.5 Å². The smallest absolute Gasteiger partial charge is 0.267 e. The van der Waals surface area contributed by atoms with Crippen molar-refractivity contribution in [1.82, 2.24) is 14.6 Å². The number of hydrogen-bond acceptors (Lipinski definition) is 7. The van der Waals surface area contributed by atoms with Crippen LogP contribution in [0.5, 0.6) is 11.6 Å². The molecule has 4 aromatic heterocycles. The lowest BCUT2D eigenvalue weighted by molar-refractivity contribution is 0.0984. The first kappa shape index (κ1) is 22.9.